The Labute approximate surface area is 170 Å². The summed E-state index contributed by atoms with van der Waals surface area (Å²) in [5.41, 5.74) is 0.561. The van der Waals surface area contributed by atoms with Gasteiger partial charge in [0.25, 0.3) is 11.5 Å². The third-order valence-corrected chi connectivity index (χ3v) is 5.08. The fourth-order valence-electron chi connectivity index (χ4n) is 3.57. The average Bonchev–Trinajstić information content (AvgIpc) is 3.24. The molecule has 0 spiro atoms. The van der Waals surface area contributed by atoms with Gasteiger partial charge in [0.05, 0.1) is 6.04 Å². The van der Waals surface area contributed by atoms with Gasteiger partial charge in [0.15, 0.2) is 0 Å². The van der Waals surface area contributed by atoms with E-state index in [9.17, 15) is 14.4 Å². The van der Waals surface area contributed by atoms with Crippen LogP contribution in [0.3, 0.4) is 0 Å². The molecule has 0 aliphatic carbocycles. The Balaban J connectivity index is 1.77. The number of hydrogen-bond acceptors (Lipinski definition) is 4. The molecule has 1 aliphatic heterocycles. The summed E-state index contributed by atoms with van der Waals surface area (Å²) in [4.78, 5) is 41.8. The largest absolute Gasteiger partial charge is 0.344 e. The molecule has 7 nitrogen and oxygen atoms in total. The van der Waals surface area contributed by atoms with Crippen molar-refractivity contribution < 1.29 is 9.59 Å². The van der Waals surface area contributed by atoms with Crippen LogP contribution in [0.4, 0.5) is 0 Å². The smallest absolute Gasteiger partial charge is 0.263 e. The number of benzene rings is 1. The number of likely N-dealkylation sites (tertiary alicyclic amines) is 1. The van der Waals surface area contributed by atoms with E-state index in [0.717, 1.165) is 31.5 Å². The zero-order valence-corrected chi connectivity index (χ0v) is 17.0. The molecule has 0 bridgehead atoms. The number of likely N-dealkylation sites (N-methyl/N-ethyl adjacent to an activating group) is 1. The quantitative estimate of drug-likeness (QED) is 0.770. The summed E-state index contributed by atoms with van der Waals surface area (Å²) in [5.74, 6) is -0.523. The summed E-state index contributed by atoms with van der Waals surface area (Å²) >= 11 is 0. The van der Waals surface area contributed by atoms with Crippen molar-refractivity contribution in [2.24, 2.45) is 0 Å². The van der Waals surface area contributed by atoms with Gasteiger partial charge in [-0.05, 0) is 44.6 Å². The SMILES string of the molecule is CN(C)C[C@@H](NC(=O)c1cccn(CC(=O)N2CCCC2)c1=O)c1ccccc1. The molecule has 1 aromatic carbocycles. The predicted molar refractivity (Wildman–Crippen MR) is 112 cm³/mol. The van der Waals surface area contributed by atoms with E-state index in [4.69, 9.17) is 0 Å². The van der Waals surface area contributed by atoms with Crippen LogP contribution in [0, 0.1) is 0 Å². The number of nitrogens with one attached hydrogen (secondary N) is 1. The minimum absolute atomic E-state index is 0.0419. The monoisotopic (exact) mass is 396 g/mol. The summed E-state index contributed by atoms with van der Waals surface area (Å²) in [6.07, 6.45) is 3.55. The van der Waals surface area contributed by atoms with Crippen LogP contribution < -0.4 is 10.9 Å². The second-order valence-corrected chi connectivity index (χ2v) is 7.64. The van der Waals surface area contributed by atoms with E-state index >= 15 is 0 Å². The molecule has 154 valence electrons. The van der Waals surface area contributed by atoms with E-state index in [1.807, 2.05) is 49.3 Å². The summed E-state index contributed by atoms with van der Waals surface area (Å²) < 4.78 is 1.32. The first-order chi connectivity index (χ1) is 14.0. The highest BCUT2D eigenvalue weighted by Gasteiger charge is 2.21. The van der Waals surface area contributed by atoms with E-state index in [-0.39, 0.29) is 24.1 Å². The van der Waals surface area contributed by atoms with Crippen LogP contribution in [0.5, 0.6) is 0 Å². The molecule has 0 radical (unpaired) electrons. The Morgan fingerprint density at radius 3 is 2.41 bits per heavy atom. The first-order valence-electron chi connectivity index (χ1n) is 9.93. The summed E-state index contributed by atoms with van der Waals surface area (Å²) in [5, 5.41) is 2.97. The van der Waals surface area contributed by atoms with Crippen molar-refractivity contribution in [3.63, 3.8) is 0 Å². The number of carbonyl (C=O) groups excluding carboxylic acids is 2. The Kier molecular flexibility index (Phi) is 6.82. The maximum absolute atomic E-state index is 12.9. The van der Waals surface area contributed by atoms with Crippen LogP contribution in [-0.4, -0.2) is 59.9 Å². The molecule has 1 atom stereocenters. The second kappa shape index (κ2) is 9.52. The summed E-state index contributed by atoms with van der Waals surface area (Å²) in [6.45, 7) is 2.03. The van der Waals surface area contributed by atoms with E-state index in [0.29, 0.717) is 6.54 Å². The predicted octanol–water partition coefficient (Wildman–Crippen LogP) is 1.50. The number of hydrogen-bond donors (Lipinski definition) is 1. The van der Waals surface area contributed by atoms with Crippen molar-refractivity contribution in [2.75, 3.05) is 33.7 Å². The maximum atomic E-state index is 12.9. The standard InChI is InChI=1S/C22H28N4O3/c1-24(2)15-19(17-9-4-3-5-10-17)23-21(28)18-11-8-14-26(22(18)29)16-20(27)25-12-6-7-13-25/h3-5,8-11,14,19H,6-7,12-13,15-16H2,1-2H3,(H,23,28)/t19-/m1/s1. The van der Waals surface area contributed by atoms with Gasteiger partial charge >= 0.3 is 0 Å². The lowest BCUT2D eigenvalue weighted by molar-refractivity contribution is -0.130. The number of carbonyl (C=O) groups is 2. The number of aromatic nitrogens is 1. The fraction of sp³-hybridized carbons (Fsp3) is 0.409. The number of pyridine rings is 1. The van der Waals surface area contributed by atoms with Gasteiger partial charge in [0.2, 0.25) is 5.91 Å². The Hall–Kier alpha value is -2.93. The van der Waals surface area contributed by atoms with Crippen LogP contribution in [-0.2, 0) is 11.3 Å². The van der Waals surface area contributed by atoms with Crippen LogP contribution in [0.2, 0.25) is 0 Å². The van der Waals surface area contributed by atoms with E-state index < -0.39 is 11.5 Å². The first kappa shape index (κ1) is 20.8. The molecule has 2 aromatic rings. The van der Waals surface area contributed by atoms with E-state index in [1.54, 1.807) is 17.2 Å². The molecule has 2 amide bonds. The minimum Gasteiger partial charge on any atom is -0.344 e. The lowest BCUT2D eigenvalue weighted by atomic mass is 10.1. The molecular weight excluding hydrogens is 368 g/mol. The molecule has 0 saturated carbocycles. The lowest BCUT2D eigenvalue weighted by Gasteiger charge is -2.23. The van der Waals surface area contributed by atoms with Gasteiger partial charge in [-0.3, -0.25) is 14.4 Å². The number of nitrogens with zero attached hydrogens (tertiary/aromatic N) is 3. The average molecular weight is 396 g/mol. The highest BCUT2D eigenvalue weighted by atomic mass is 16.2. The second-order valence-electron chi connectivity index (χ2n) is 7.64. The van der Waals surface area contributed by atoms with E-state index in [2.05, 4.69) is 5.32 Å². The molecule has 1 aliphatic rings. The van der Waals surface area contributed by atoms with Crippen molar-refractivity contribution in [1.29, 1.82) is 0 Å². The van der Waals surface area contributed by atoms with Gasteiger partial charge in [0, 0.05) is 25.8 Å². The topological polar surface area (TPSA) is 74.7 Å². The van der Waals surface area contributed by atoms with Gasteiger partial charge in [-0.1, -0.05) is 30.3 Å². The normalized spacial score (nSPS) is 14.8. The highest BCUT2D eigenvalue weighted by Crippen LogP contribution is 2.14. The summed E-state index contributed by atoms with van der Waals surface area (Å²) in [6, 6.07) is 12.6. The third-order valence-electron chi connectivity index (χ3n) is 5.08. The van der Waals surface area contributed by atoms with Gasteiger partial charge in [-0.15, -0.1) is 0 Å². The Morgan fingerprint density at radius 1 is 1.07 bits per heavy atom. The van der Waals surface area contributed by atoms with Crippen molar-refractivity contribution in [2.45, 2.75) is 25.4 Å². The van der Waals surface area contributed by atoms with Gasteiger partial charge in [-0.25, -0.2) is 0 Å². The molecule has 1 N–H and O–H groups in total. The number of amides is 2. The van der Waals surface area contributed by atoms with Crippen molar-refractivity contribution in [3.8, 4) is 0 Å². The fourth-order valence-corrected chi connectivity index (χ4v) is 3.57. The molecule has 1 aromatic heterocycles. The molecule has 7 heteroatoms. The molecule has 29 heavy (non-hydrogen) atoms. The zero-order chi connectivity index (χ0) is 20.8. The maximum Gasteiger partial charge on any atom is 0.263 e. The molecule has 2 heterocycles. The van der Waals surface area contributed by atoms with Gasteiger partial charge in [0.1, 0.15) is 12.1 Å². The van der Waals surface area contributed by atoms with Gasteiger partial charge in [-0.2, -0.15) is 0 Å². The third kappa shape index (κ3) is 5.32. The van der Waals surface area contributed by atoms with Gasteiger partial charge < -0.3 is 19.7 Å². The van der Waals surface area contributed by atoms with Crippen LogP contribution in [0.25, 0.3) is 0 Å². The Bertz CT molecular complexity index is 902. The molecule has 1 saturated heterocycles. The van der Waals surface area contributed by atoms with Crippen LogP contribution >= 0.6 is 0 Å². The van der Waals surface area contributed by atoms with Crippen molar-refractivity contribution >= 4 is 11.8 Å². The lowest BCUT2D eigenvalue weighted by Crippen LogP contribution is -2.40. The molecule has 3 rings (SSSR count). The van der Waals surface area contributed by atoms with Crippen molar-refractivity contribution in [1.82, 2.24) is 19.7 Å². The van der Waals surface area contributed by atoms with E-state index in [1.165, 1.54) is 10.6 Å². The number of rotatable bonds is 7. The van der Waals surface area contributed by atoms with Crippen molar-refractivity contribution in [3.05, 3.63) is 70.1 Å². The van der Waals surface area contributed by atoms with Crippen LogP contribution in [0.1, 0.15) is 34.8 Å². The first-order valence-corrected chi connectivity index (χ1v) is 9.93. The highest BCUT2D eigenvalue weighted by molar-refractivity contribution is 5.94. The molecule has 0 unspecified atom stereocenters. The van der Waals surface area contributed by atoms with Crippen LogP contribution in [0.15, 0.2) is 53.5 Å². The zero-order valence-electron chi connectivity index (χ0n) is 17.0. The summed E-state index contributed by atoms with van der Waals surface area (Å²) in [7, 11) is 3.86. The Morgan fingerprint density at radius 2 is 1.76 bits per heavy atom. The molecule has 1 fully saturated rings. The minimum atomic E-state index is -0.450. The molecular formula is C22H28N4O3.